The molecule has 25 heavy (non-hydrogen) atoms. The zero-order valence-electron chi connectivity index (χ0n) is 14.2. The zero-order chi connectivity index (χ0) is 17.5. The highest BCUT2D eigenvalue weighted by molar-refractivity contribution is 5.74. The zero-order valence-corrected chi connectivity index (χ0v) is 14.2. The van der Waals surface area contributed by atoms with Gasteiger partial charge >= 0.3 is 6.03 Å². The van der Waals surface area contributed by atoms with Gasteiger partial charge in [0, 0.05) is 19.2 Å². The molecule has 0 spiro atoms. The van der Waals surface area contributed by atoms with Crippen LogP contribution in [0, 0.1) is 0 Å². The molecule has 1 aliphatic heterocycles. The highest BCUT2D eigenvalue weighted by Gasteiger charge is 2.27. The lowest BCUT2D eigenvalue weighted by molar-refractivity contribution is 0.0226. The van der Waals surface area contributed by atoms with Crippen LogP contribution in [0.25, 0.3) is 0 Å². The Morgan fingerprint density at radius 2 is 1.72 bits per heavy atom. The molecule has 0 fully saturated rings. The van der Waals surface area contributed by atoms with Crippen LogP contribution in [0.5, 0.6) is 0 Å². The van der Waals surface area contributed by atoms with E-state index in [1.54, 1.807) is 7.05 Å². The number of carbonyl (C=O) groups is 1. The second-order valence-electron chi connectivity index (χ2n) is 6.06. The molecule has 2 aromatic rings. The van der Waals surface area contributed by atoms with Crippen molar-refractivity contribution in [3.8, 4) is 0 Å². The normalized spacial score (nSPS) is 17.3. The van der Waals surface area contributed by atoms with Gasteiger partial charge in [0.2, 0.25) is 0 Å². The maximum Gasteiger partial charge on any atom is 0.314 e. The Morgan fingerprint density at radius 1 is 1.08 bits per heavy atom. The van der Waals surface area contributed by atoms with Crippen molar-refractivity contribution >= 4 is 6.03 Å². The average molecular weight is 337 g/mol. The SMILES string of the molecule is CNC(=O)NC(Cc1ccccc1)C1C=C(Cc2ccccc2)NO1. The first-order chi connectivity index (χ1) is 12.2. The molecule has 2 unspecified atom stereocenters. The minimum absolute atomic E-state index is 0.164. The second kappa shape index (κ2) is 8.35. The van der Waals surface area contributed by atoms with Crippen LogP contribution in [-0.2, 0) is 17.7 Å². The van der Waals surface area contributed by atoms with E-state index in [-0.39, 0.29) is 18.2 Å². The molecule has 1 aliphatic rings. The fourth-order valence-corrected chi connectivity index (χ4v) is 2.88. The molecule has 2 aromatic carbocycles. The Hall–Kier alpha value is -2.79. The molecule has 1 heterocycles. The van der Waals surface area contributed by atoms with Gasteiger partial charge in [0.05, 0.1) is 6.04 Å². The number of amides is 2. The second-order valence-corrected chi connectivity index (χ2v) is 6.06. The van der Waals surface area contributed by atoms with Crippen molar-refractivity contribution in [2.24, 2.45) is 0 Å². The summed E-state index contributed by atoms with van der Waals surface area (Å²) in [5, 5.41) is 5.59. The smallest absolute Gasteiger partial charge is 0.314 e. The highest BCUT2D eigenvalue weighted by Crippen LogP contribution is 2.17. The minimum atomic E-state index is -0.226. The van der Waals surface area contributed by atoms with Crippen LogP contribution in [0.4, 0.5) is 4.79 Å². The van der Waals surface area contributed by atoms with E-state index in [1.165, 1.54) is 5.56 Å². The first-order valence-corrected chi connectivity index (χ1v) is 8.43. The van der Waals surface area contributed by atoms with Crippen molar-refractivity contribution in [2.75, 3.05) is 7.05 Å². The summed E-state index contributed by atoms with van der Waals surface area (Å²) in [6.45, 7) is 0. The van der Waals surface area contributed by atoms with Gasteiger partial charge in [0.1, 0.15) is 6.10 Å². The number of carbonyl (C=O) groups excluding carboxylic acids is 1. The summed E-state index contributed by atoms with van der Waals surface area (Å²) >= 11 is 0. The van der Waals surface area contributed by atoms with E-state index >= 15 is 0 Å². The van der Waals surface area contributed by atoms with Gasteiger partial charge in [-0.2, -0.15) is 0 Å². The van der Waals surface area contributed by atoms with E-state index < -0.39 is 0 Å². The lowest BCUT2D eigenvalue weighted by Gasteiger charge is -2.22. The molecule has 0 bridgehead atoms. The van der Waals surface area contributed by atoms with Gasteiger partial charge in [-0.1, -0.05) is 60.7 Å². The lowest BCUT2D eigenvalue weighted by Crippen LogP contribution is -2.48. The summed E-state index contributed by atoms with van der Waals surface area (Å²) < 4.78 is 0. The monoisotopic (exact) mass is 337 g/mol. The summed E-state index contributed by atoms with van der Waals surface area (Å²) in [5.41, 5.74) is 6.37. The number of urea groups is 1. The number of hydrogen-bond donors (Lipinski definition) is 3. The first-order valence-electron chi connectivity index (χ1n) is 8.43. The van der Waals surface area contributed by atoms with E-state index in [2.05, 4.69) is 46.5 Å². The summed E-state index contributed by atoms with van der Waals surface area (Å²) in [7, 11) is 1.61. The van der Waals surface area contributed by atoms with Gasteiger partial charge < -0.3 is 10.6 Å². The maximum absolute atomic E-state index is 11.8. The molecule has 5 nitrogen and oxygen atoms in total. The molecule has 0 aromatic heterocycles. The summed E-state index contributed by atoms with van der Waals surface area (Å²) in [5.74, 6) is 0. The van der Waals surface area contributed by atoms with Gasteiger partial charge in [-0.3, -0.25) is 10.3 Å². The molecule has 2 amide bonds. The molecular formula is C20H23N3O2. The third kappa shape index (κ3) is 4.84. The number of rotatable bonds is 6. The molecular weight excluding hydrogens is 314 g/mol. The molecule has 3 N–H and O–H groups in total. The lowest BCUT2D eigenvalue weighted by atomic mass is 10.00. The molecule has 3 rings (SSSR count). The summed E-state index contributed by atoms with van der Waals surface area (Å²) in [6.07, 6.45) is 3.29. The van der Waals surface area contributed by atoms with Crippen molar-refractivity contribution in [3.05, 3.63) is 83.6 Å². The van der Waals surface area contributed by atoms with Crippen molar-refractivity contribution in [2.45, 2.75) is 25.0 Å². The summed E-state index contributed by atoms with van der Waals surface area (Å²) in [4.78, 5) is 17.6. The molecule has 130 valence electrons. The Balaban J connectivity index is 1.70. The van der Waals surface area contributed by atoms with Crippen LogP contribution in [0.1, 0.15) is 11.1 Å². The molecule has 0 saturated heterocycles. The van der Waals surface area contributed by atoms with Gasteiger partial charge in [-0.05, 0) is 23.6 Å². The van der Waals surface area contributed by atoms with Gasteiger partial charge in [0.25, 0.3) is 0 Å². The number of hydroxylamine groups is 1. The van der Waals surface area contributed by atoms with Crippen molar-refractivity contribution in [1.29, 1.82) is 0 Å². The molecule has 0 aliphatic carbocycles. The summed E-state index contributed by atoms with van der Waals surface area (Å²) in [6, 6.07) is 19.9. The average Bonchev–Trinajstić information content (AvgIpc) is 3.11. The minimum Gasteiger partial charge on any atom is -0.341 e. The fourth-order valence-electron chi connectivity index (χ4n) is 2.88. The van der Waals surface area contributed by atoms with Crippen LogP contribution in [-0.4, -0.2) is 25.2 Å². The van der Waals surface area contributed by atoms with E-state index in [0.29, 0.717) is 6.42 Å². The topological polar surface area (TPSA) is 62.4 Å². The standard InChI is InChI=1S/C20H23N3O2/c1-21-20(24)22-18(13-16-10-6-3-7-11-16)19-14-17(23-25-19)12-15-8-4-2-5-9-15/h2-11,14,18-19,23H,12-13H2,1H3,(H2,21,22,24). The van der Waals surface area contributed by atoms with Gasteiger partial charge in [-0.15, -0.1) is 0 Å². The Bertz CT molecular complexity index is 716. The third-order valence-corrected chi connectivity index (χ3v) is 4.17. The molecule has 0 radical (unpaired) electrons. The van der Waals surface area contributed by atoms with E-state index in [9.17, 15) is 4.79 Å². The van der Waals surface area contributed by atoms with Crippen LogP contribution in [0.2, 0.25) is 0 Å². The van der Waals surface area contributed by atoms with E-state index in [0.717, 1.165) is 17.7 Å². The third-order valence-electron chi connectivity index (χ3n) is 4.17. The maximum atomic E-state index is 11.8. The highest BCUT2D eigenvalue weighted by atomic mass is 16.7. The van der Waals surface area contributed by atoms with Crippen LogP contribution in [0.3, 0.4) is 0 Å². The van der Waals surface area contributed by atoms with Crippen molar-refractivity contribution < 1.29 is 9.63 Å². The molecule has 2 atom stereocenters. The Morgan fingerprint density at radius 3 is 2.36 bits per heavy atom. The van der Waals surface area contributed by atoms with Gasteiger partial charge in [-0.25, -0.2) is 4.79 Å². The van der Waals surface area contributed by atoms with Crippen molar-refractivity contribution in [3.63, 3.8) is 0 Å². The van der Waals surface area contributed by atoms with Gasteiger partial charge in [0.15, 0.2) is 0 Å². The van der Waals surface area contributed by atoms with Crippen LogP contribution < -0.4 is 16.1 Å². The largest absolute Gasteiger partial charge is 0.341 e. The Kier molecular flexibility index (Phi) is 5.69. The molecule has 0 saturated carbocycles. The van der Waals surface area contributed by atoms with E-state index in [1.807, 2.05) is 36.4 Å². The fraction of sp³-hybridized carbons (Fsp3) is 0.250. The quantitative estimate of drug-likeness (QED) is 0.759. The Labute approximate surface area is 148 Å². The number of hydrogen-bond acceptors (Lipinski definition) is 3. The number of allylic oxidation sites excluding steroid dienone is 1. The van der Waals surface area contributed by atoms with Crippen LogP contribution in [0.15, 0.2) is 72.4 Å². The number of nitrogens with one attached hydrogen (secondary N) is 3. The number of benzene rings is 2. The van der Waals surface area contributed by atoms with Crippen molar-refractivity contribution in [1.82, 2.24) is 16.1 Å². The first kappa shape index (κ1) is 17.0. The predicted octanol–water partition coefficient (Wildman–Crippen LogP) is 2.56. The van der Waals surface area contributed by atoms with Crippen LogP contribution >= 0.6 is 0 Å². The molecule has 5 heteroatoms. The van der Waals surface area contributed by atoms with E-state index in [4.69, 9.17) is 4.84 Å². The predicted molar refractivity (Wildman–Crippen MR) is 97.8 cm³/mol.